The Bertz CT molecular complexity index is 747. The number of hydrogen-bond acceptors (Lipinski definition) is 4. The second-order valence-corrected chi connectivity index (χ2v) is 8.08. The molecule has 1 N–H and O–H groups in total. The first kappa shape index (κ1) is 19.4. The number of aromatic nitrogens is 2. The summed E-state index contributed by atoms with van der Waals surface area (Å²) in [6.07, 6.45) is 1.36. The Balaban J connectivity index is 1.60. The summed E-state index contributed by atoms with van der Waals surface area (Å²) in [6.45, 7) is 10.1. The van der Waals surface area contributed by atoms with Crippen molar-refractivity contribution in [1.82, 2.24) is 24.9 Å². The summed E-state index contributed by atoms with van der Waals surface area (Å²) in [7, 11) is 0. The van der Waals surface area contributed by atoms with Crippen LogP contribution < -0.4 is 5.32 Å². The molecule has 0 aromatic carbocycles. The van der Waals surface area contributed by atoms with E-state index in [2.05, 4.69) is 10.4 Å². The highest BCUT2D eigenvalue weighted by Crippen LogP contribution is 2.34. The van der Waals surface area contributed by atoms with Crippen molar-refractivity contribution in [2.24, 2.45) is 5.92 Å². The largest absolute Gasteiger partial charge is 0.342 e. The molecule has 2 aliphatic rings. The maximum atomic E-state index is 12.6. The van der Waals surface area contributed by atoms with Gasteiger partial charge in [0.1, 0.15) is 5.54 Å². The second kappa shape index (κ2) is 7.32. The average Bonchev–Trinajstić information content (AvgIpc) is 3.04. The highest BCUT2D eigenvalue weighted by Gasteiger charge is 2.54. The van der Waals surface area contributed by atoms with Crippen LogP contribution in [-0.2, 0) is 16.1 Å². The van der Waals surface area contributed by atoms with Crippen LogP contribution in [-0.4, -0.2) is 62.6 Å². The number of aryl methyl sites for hydroxylation is 3. The van der Waals surface area contributed by atoms with Gasteiger partial charge >= 0.3 is 6.03 Å². The quantitative estimate of drug-likeness (QED) is 0.789. The van der Waals surface area contributed by atoms with Gasteiger partial charge in [-0.3, -0.25) is 19.6 Å². The third-order valence-corrected chi connectivity index (χ3v) is 5.54. The first-order chi connectivity index (χ1) is 12.7. The Morgan fingerprint density at radius 3 is 2.48 bits per heavy atom. The van der Waals surface area contributed by atoms with Gasteiger partial charge in [0, 0.05) is 38.3 Å². The number of likely N-dealkylation sites (tertiary alicyclic amines) is 1. The molecule has 2 aliphatic heterocycles. The Labute approximate surface area is 159 Å². The normalized spacial score (nSPS) is 19.3. The third-order valence-electron chi connectivity index (χ3n) is 5.54. The SMILES string of the molecule is Cc1cc(C)n(CCC(=O)N2CCC3(CC2)C(=O)NC(=O)N3CC(C)C)n1. The van der Waals surface area contributed by atoms with Gasteiger partial charge < -0.3 is 9.80 Å². The first-order valence-electron chi connectivity index (χ1n) is 9.65. The molecule has 0 unspecified atom stereocenters. The molecular formula is C19H29N5O3. The molecule has 3 rings (SSSR count). The number of nitrogens with one attached hydrogen (secondary N) is 1. The number of imide groups is 1. The lowest BCUT2D eigenvalue weighted by molar-refractivity contribution is -0.138. The standard InChI is InChI=1S/C19H29N5O3/c1-13(2)12-23-18(27)20-17(26)19(23)6-9-22(10-7-19)16(25)5-8-24-15(4)11-14(3)21-24/h11,13H,5-10,12H2,1-4H3,(H,20,26,27). The molecule has 0 saturated carbocycles. The van der Waals surface area contributed by atoms with Gasteiger partial charge in [0.15, 0.2) is 0 Å². The summed E-state index contributed by atoms with van der Waals surface area (Å²) in [5.74, 6) is 0.124. The van der Waals surface area contributed by atoms with Gasteiger partial charge in [0.25, 0.3) is 5.91 Å². The zero-order valence-corrected chi connectivity index (χ0v) is 16.6. The van der Waals surface area contributed by atoms with Crippen LogP contribution in [0.25, 0.3) is 0 Å². The lowest BCUT2D eigenvalue weighted by Gasteiger charge is -2.42. The minimum absolute atomic E-state index is 0.0672. The first-order valence-corrected chi connectivity index (χ1v) is 9.65. The molecule has 0 bridgehead atoms. The summed E-state index contributed by atoms with van der Waals surface area (Å²) in [5, 5.41) is 6.85. The van der Waals surface area contributed by atoms with Crippen molar-refractivity contribution in [2.45, 2.75) is 59.0 Å². The van der Waals surface area contributed by atoms with Crippen molar-refractivity contribution in [3.63, 3.8) is 0 Å². The van der Waals surface area contributed by atoms with E-state index in [-0.39, 0.29) is 23.8 Å². The highest BCUT2D eigenvalue weighted by atomic mass is 16.2. The Kier molecular flexibility index (Phi) is 5.26. The Hall–Kier alpha value is -2.38. The van der Waals surface area contributed by atoms with E-state index in [9.17, 15) is 14.4 Å². The summed E-state index contributed by atoms with van der Waals surface area (Å²) >= 11 is 0. The molecule has 0 radical (unpaired) electrons. The van der Waals surface area contributed by atoms with Gasteiger partial charge in [0.05, 0.1) is 5.69 Å². The zero-order chi connectivity index (χ0) is 19.8. The highest BCUT2D eigenvalue weighted by molar-refractivity contribution is 6.07. The maximum Gasteiger partial charge on any atom is 0.325 e. The molecule has 148 valence electrons. The Morgan fingerprint density at radius 2 is 1.93 bits per heavy atom. The summed E-state index contributed by atoms with van der Waals surface area (Å²) in [5.41, 5.74) is 1.19. The van der Waals surface area contributed by atoms with Crippen LogP contribution in [0.4, 0.5) is 4.79 Å². The van der Waals surface area contributed by atoms with E-state index in [0.717, 1.165) is 11.4 Å². The maximum absolute atomic E-state index is 12.6. The van der Waals surface area contributed by atoms with E-state index < -0.39 is 5.54 Å². The van der Waals surface area contributed by atoms with E-state index >= 15 is 0 Å². The molecule has 8 heteroatoms. The molecule has 2 fully saturated rings. The molecule has 1 aromatic heterocycles. The molecule has 27 heavy (non-hydrogen) atoms. The van der Waals surface area contributed by atoms with Crippen molar-refractivity contribution in [2.75, 3.05) is 19.6 Å². The van der Waals surface area contributed by atoms with Crippen LogP contribution in [0, 0.1) is 19.8 Å². The Morgan fingerprint density at radius 1 is 1.26 bits per heavy atom. The van der Waals surface area contributed by atoms with Crippen LogP contribution in [0.2, 0.25) is 0 Å². The third kappa shape index (κ3) is 3.70. The fourth-order valence-electron chi connectivity index (χ4n) is 4.10. The van der Waals surface area contributed by atoms with Gasteiger partial charge in [-0.1, -0.05) is 13.8 Å². The van der Waals surface area contributed by atoms with E-state index in [4.69, 9.17) is 0 Å². The van der Waals surface area contributed by atoms with Crippen LogP contribution in [0.3, 0.4) is 0 Å². The van der Waals surface area contributed by atoms with Crippen LogP contribution >= 0.6 is 0 Å². The number of piperidine rings is 1. The van der Waals surface area contributed by atoms with Gasteiger partial charge in [-0.15, -0.1) is 0 Å². The summed E-state index contributed by atoms with van der Waals surface area (Å²) in [4.78, 5) is 40.8. The number of hydrogen-bond donors (Lipinski definition) is 1. The number of carbonyl (C=O) groups is 3. The lowest BCUT2D eigenvalue weighted by Crippen LogP contribution is -2.58. The summed E-state index contributed by atoms with van der Waals surface area (Å²) < 4.78 is 1.85. The van der Waals surface area contributed by atoms with Crippen molar-refractivity contribution in [3.05, 3.63) is 17.5 Å². The number of amides is 4. The molecule has 1 aromatic rings. The topological polar surface area (TPSA) is 87.5 Å². The molecule has 2 saturated heterocycles. The van der Waals surface area contributed by atoms with Crippen LogP contribution in [0.1, 0.15) is 44.5 Å². The minimum Gasteiger partial charge on any atom is -0.342 e. The number of carbonyl (C=O) groups excluding carboxylic acids is 3. The van der Waals surface area contributed by atoms with E-state index in [1.807, 2.05) is 38.4 Å². The predicted molar refractivity (Wildman–Crippen MR) is 99.9 cm³/mol. The molecular weight excluding hydrogens is 346 g/mol. The molecule has 0 atom stereocenters. The second-order valence-electron chi connectivity index (χ2n) is 8.08. The molecule has 0 aliphatic carbocycles. The fraction of sp³-hybridized carbons (Fsp3) is 0.684. The molecule has 3 heterocycles. The number of urea groups is 1. The fourth-order valence-corrected chi connectivity index (χ4v) is 4.10. The van der Waals surface area contributed by atoms with Crippen molar-refractivity contribution >= 4 is 17.8 Å². The summed E-state index contributed by atoms with van der Waals surface area (Å²) in [6, 6.07) is 1.69. The van der Waals surface area contributed by atoms with Crippen molar-refractivity contribution < 1.29 is 14.4 Å². The van der Waals surface area contributed by atoms with Crippen LogP contribution in [0.15, 0.2) is 6.07 Å². The van der Waals surface area contributed by atoms with E-state index in [1.165, 1.54) is 0 Å². The number of rotatable bonds is 5. The van der Waals surface area contributed by atoms with Gasteiger partial charge in [-0.05, 0) is 38.7 Å². The van der Waals surface area contributed by atoms with Crippen molar-refractivity contribution in [1.29, 1.82) is 0 Å². The molecule has 4 amide bonds. The molecule has 1 spiro atoms. The monoisotopic (exact) mass is 375 g/mol. The van der Waals surface area contributed by atoms with Gasteiger partial charge in [-0.2, -0.15) is 5.10 Å². The molecule has 8 nitrogen and oxygen atoms in total. The average molecular weight is 375 g/mol. The zero-order valence-electron chi connectivity index (χ0n) is 16.6. The van der Waals surface area contributed by atoms with Gasteiger partial charge in [0.2, 0.25) is 5.91 Å². The minimum atomic E-state index is -0.798. The predicted octanol–water partition coefficient (Wildman–Crippen LogP) is 1.46. The van der Waals surface area contributed by atoms with E-state index in [0.29, 0.717) is 45.4 Å². The van der Waals surface area contributed by atoms with Crippen LogP contribution in [0.5, 0.6) is 0 Å². The van der Waals surface area contributed by atoms with E-state index in [1.54, 1.807) is 9.80 Å². The lowest BCUT2D eigenvalue weighted by atomic mass is 9.85. The smallest absolute Gasteiger partial charge is 0.325 e. The van der Waals surface area contributed by atoms with Gasteiger partial charge in [-0.25, -0.2) is 4.79 Å². The number of nitrogens with zero attached hydrogens (tertiary/aromatic N) is 4. The van der Waals surface area contributed by atoms with Crippen molar-refractivity contribution in [3.8, 4) is 0 Å².